The Morgan fingerprint density at radius 3 is 1.84 bits per heavy atom. The summed E-state index contributed by atoms with van der Waals surface area (Å²) in [5.41, 5.74) is 0. The minimum Gasteiger partial charge on any atom is -0.474 e. The second-order valence-corrected chi connectivity index (χ2v) is 7.31. The van der Waals surface area contributed by atoms with Crippen LogP contribution < -0.4 is 10.8 Å². The lowest BCUT2D eigenvalue weighted by Crippen LogP contribution is -2.44. The molecule has 0 radical (unpaired) electrons. The van der Waals surface area contributed by atoms with Crippen LogP contribution in [0.2, 0.25) is 6.04 Å². The van der Waals surface area contributed by atoms with Crippen LogP contribution in [0.1, 0.15) is 13.8 Å². The van der Waals surface area contributed by atoms with E-state index in [4.69, 9.17) is 8.83 Å². The Morgan fingerprint density at radius 2 is 1.53 bits per heavy atom. The Kier molecular flexibility index (Phi) is 4.16. The fourth-order valence-corrected chi connectivity index (χ4v) is 5.26. The highest BCUT2D eigenvalue weighted by Gasteiger charge is 2.30. The molecule has 0 aromatic carbocycles. The molecule has 19 heavy (non-hydrogen) atoms. The van der Waals surface area contributed by atoms with E-state index in [9.17, 15) is 9.59 Å². The van der Waals surface area contributed by atoms with Crippen molar-refractivity contribution < 1.29 is 18.4 Å². The van der Waals surface area contributed by atoms with Gasteiger partial charge in [-0.3, -0.25) is 9.59 Å². The lowest BCUT2D eigenvalue weighted by atomic mass is 10.0. The summed E-state index contributed by atoms with van der Waals surface area (Å²) < 4.78 is 10.9. The SMILES string of the molecule is CC(=O)C(C[SiH](c1ccco1)c1ccco1)C(C)=O. The summed E-state index contributed by atoms with van der Waals surface area (Å²) in [5, 5.41) is 1.67. The molecule has 5 heteroatoms. The third-order valence-electron chi connectivity index (χ3n) is 3.23. The maximum atomic E-state index is 11.6. The lowest BCUT2D eigenvalue weighted by molar-refractivity contribution is -0.129. The van der Waals surface area contributed by atoms with Crippen molar-refractivity contribution in [3.8, 4) is 0 Å². The Labute approximate surface area is 113 Å². The number of carbonyl (C=O) groups excluding carboxylic acids is 2. The van der Waals surface area contributed by atoms with Gasteiger partial charge >= 0.3 is 0 Å². The molecule has 4 nitrogen and oxygen atoms in total. The van der Waals surface area contributed by atoms with E-state index in [0.717, 1.165) is 10.8 Å². The van der Waals surface area contributed by atoms with E-state index in [1.165, 1.54) is 13.8 Å². The molecule has 0 amide bonds. The molecular weight excluding hydrogens is 260 g/mol. The fraction of sp³-hybridized carbons (Fsp3) is 0.286. The van der Waals surface area contributed by atoms with Gasteiger partial charge in [0.15, 0.2) is 8.80 Å². The van der Waals surface area contributed by atoms with Gasteiger partial charge in [0.25, 0.3) is 0 Å². The van der Waals surface area contributed by atoms with E-state index in [1.807, 2.05) is 24.3 Å². The molecule has 0 saturated carbocycles. The van der Waals surface area contributed by atoms with Crippen LogP contribution in [-0.2, 0) is 9.59 Å². The first-order valence-corrected chi connectivity index (χ1v) is 8.14. The van der Waals surface area contributed by atoms with Crippen molar-refractivity contribution in [1.82, 2.24) is 0 Å². The van der Waals surface area contributed by atoms with Crippen LogP contribution in [-0.4, -0.2) is 20.4 Å². The minimum absolute atomic E-state index is 0.0943. The van der Waals surface area contributed by atoms with E-state index in [-0.39, 0.29) is 11.6 Å². The molecule has 2 heterocycles. The summed E-state index contributed by atoms with van der Waals surface area (Å²) in [6, 6.07) is 7.91. The predicted molar refractivity (Wildman–Crippen MR) is 73.5 cm³/mol. The van der Waals surface area contributed by atoms with Crippen molar-refractivity contribution >= 4 is 31.1 Å². The first kappa shape index (κ1) is 13.5. The van der Waals surface area contributed by atoms with Gasteiger partial charge in [0.05, 0.1) is 29.2 Å². The van der Waals surface area contributed by atoms with Gasteiger partial charge < -0.3 is 8.83 Å². The maximum Gasteiger partial charge on any atom is 0.193 e. The Hall–Kier alpha value is -1.88. The normalized spacial score (nSPS) is 11.2. The third-order valence-corrected chi connectivity index (χ3v) is 6.20. The molecule has 0 unspecified atom stereocenters. The first-order chi connectivity index (χ1) is 9.09. The van der Waals surface area contributed by atoms with Crippen LogP contribution in [0, 0.1) is 5.92 Å². The number of rotatable bonds is 6. The molecule has 0 saturated heterocycles. The number of furan rings is 2. The van der Waals surface area contributed by atoms with Gasteiger partial charge in [-0.15, -0.1) is 0 Å². The predicted octanol–water partition coefficient (Wildman–Crippen LogP) is 1.01. The van der Waals surface area contributed by atoms with Crippen LogP contribution in [0.15, 0.2) is 45.6 Å². The Balaban J connectivity index is 2.29. The second kappa shape index (κ2) is 5.84. The smallest absolute Gasteiger partial charge is 0.193 e. The summed E-state index contributed by atoms with van der Waals surface area (Å²) in [5.74, 6) is -0.752. The number of ketones is 2. The molecule has 0 fully saturated rings. The van der Waals surface area contributed by atoms with Gasteiger partial charge in [-0.2, -0.15) is 0 Å². The summed E-state index contributed by atoms with van der Waals surface area (Å²) in [6.07, 6.45) is 3.21. The number of carbonyl (C=O) groups is 2. The third kappa shape index (κ3) is 3.11. The molecular formula is C14H16O4Si. The molecule has 0 atom stereocenters. The monoisotopic (exact) mass is 276 g/mol. The molecule has 2 aromatic rings. The van der Waals surface area contributed by atoms with Crippen LogP contribution >= 0.6 is 0 Å². The van der Waals surface area contributed by atoms with E-state index in [2.05, 4.69) is 0 Å². The van der Waals surface area contributed by atoms with Crippen LogP contribution in [0.25, 0.3) is 0 Å². The number of Topliss-reactive ketones (excluding diaryl/α,β-unsaturated/α-hetero) is 2. The van der Waals surface area contributed by atoms with Crippen LogP contribution in [0.3, 0.4) is 0 Å². The zero-order chi connectivity index (χ0) is 13.8. The highest BCUT2D eigenvalue weighted by molar-refractivity contribution is 6.83. The molecule has 0 bridgehead atoms. The Bertz CT molecular complexity index is 494. The summed E-state index contributed by atoms with van der Waals surface area (Å²) >= 11 is 0. The molecule has 0 spiro atoms. The molecule has 2 rings (SSSR count). The zero-order valence-electron chi connectivity index (χ0n) is 11.0. The van der Waals surface area contributed by atoms with Crippen molar-refractivity contribution in [2.75, 3.05) is 0 Å². The van der Waals surface area contributed by atoms with Crippen molar-refractivity contribution in [2.24, 2.45) is 5.92 Å². The molecule has 0 N–H and O–H groups in total. The van der Waals surface area contributed by atoms with E-state index < -0.39 is 14.7 Å². The van der Waals surface area contributed by atoms with Gasteiger partial charge in [-0.25, -0.2) is 0 Å². The average Bonchev–Trinajstić information content (AvgIpc) is 3.00. The lowest BCUT2D eigenvalue weighted by Gasteiger charge is -2.15. The van der Waals surface area contributed by atoms with E-state index in [1.54, 1.807) is 12.5 Å². The fourth-order valence-electron chi connectivity index (χ4n) is 2.21. The molecule has 2 aromatic heterocycles. The van der Waals surface area contributed by atoms with Crippen molar-refractivity contribution in [1.29, 1.82) is 0 Å². The minimum atomic E-state index is -1.80. The summed E-state index contributed by atoms with van der Waals surface area (Å²) in [6.45, 7) is 2.92. The largest absolute Gasteiger partial charge is 0.474 e. The van der Waals surface area contributed by atoms with Crippen LogP contribution in [0.4, 0.5) is 0 Å². The van der Waals surface area contributed by atoms with Gasteiger partial charge in [0.2, 0.25) is 0 Å². The number of hydrogen-bond acceptors (Lipinski definition) is 4. The molecule has 0 aliphatic carbocycles. The molecule has 100 valence electrons. The topological polar surface area (TPSA) is 60.4 Å². The van der Waals surface area contributed by atoms with Gasteiger partial charge in [-0.1, -0.05) is 0 Å². The first-order valence-electron chi connectivity index (χ1n) is 6.17. The van der Waals surface area contributed by atoms with Crippen molar-refractivity contribution in [2.45, 2.75) is 19.9 Å². The quantitative estimate of drug-likeness (QED) is 0.583. The van der Waals surface area contributed by atoms with Crippen LogP contribution in [0.5, 0.6) is 0 Å². The van der Waals surface area contributed by atoms with Gasteiger partial charge in [0.1, 0.15) is 11.6 Å². The van der Waals surface area contributed by atoms with E-state index in [0.29, 0.717) is 6.04 Å². The van der Waals surface area contributed by atoms with Gasteiger partial charge in [0, 0.05) is 0 Å². The highest BCUT2D eigenvalue weighted by Crippen LogP contribution is 2.12. The average molecular weight is 276 g/mol. The summed E-state index contributed by atoms with van der Waals surface area (Å²) in [7, 11) is -1.80. The van der Waals surface area contributed by atoms with Crippen molar-refractivity contribution in [3.63, 3.8) is 0 Å². The standard InChI is InChI=1S/C14H16O4Si/c1-10(15)12(11(2)16)9-19(13-5-3-7-17-13)14-6-4-8-18-14/h3-8,12,19H,9H2,1-2H3. The van der Waals surface area contributed by atoms with Crippen molar-refractivity contribution in [3.05, 3.63) is 36.8 Å². The second-order valence-electron chi connectivity index (χ2n) is 4.59. The Morgan fingerprint density at radius 1 is 1.05 bits per heavy atom. The molecule has 0 aliphatic rings. The maximum absolute atomic E-state index is 11.6. The number of hydrogen-bond donors (Lipinski definition) is 0. The zero-order valence-corrected chi connectivity index (χ0v) is 12.1. The van der Waals surface area contributed by atoms with Gasteiger partial charge in [-0.05, 0) is 44.2 Å². The summed E-state index contributed by atoms with van der Waals surface area (Å²) in [4.78, 5) is 23.2. The molecule has 0 aliphatic heterocycles. The van der Waals surface area contributed by atoms with E-state index >= 15 is 0 Å². The highest BCUT2D eigenvalue weighted by atomic mass is 28.3.